The van der Waals surface area contributed by atoms with Crippen LogP contribution in [0, 0.1) is 0 Å². The molecule has 1 fully saturated rings. The van der Waals surface area contributed by atoms with Crippen LogP contribution in [0.3, 0.4) is 0 Å². The predicted octanol–water partition coefficient (Wildman–Crippen LogP) is 2.81. The molecule has 0 heterocycles. The van der Waals surface area contributed by atoms with E-state index in [-0.39, 0.29) is 0 Å². The lowest BCUT2D eigenvalue weighted by molar-refractivity contribution is 0.991. The van der Waals surface area contributed by atoms with Crippen LogP contribution in [0.25, 0.3) is 0 Å². The van der Waals surface area contributed by atoms with Crippen molar-refractivity contribution in [3.63, 3.8) is 0 Å². The van der Waals surface area contributed by atoms with E-state index in [0.29, 0.717) is 17.0 Å². The van der Waals surface area contributed by atoms with Crippen molar-refractivity contribution in [3.05, 3.63) is 33.8 Å². The Morgan fingerprint density at radius 2 is 2.00 bits per heavy atom. The Morgan fingerprint density at radius 1 is 1.33 bits per heavy atom. The molecule has 1 aromatic rings. The van der Waals surface area contributed by atoms with E-state index in [2.05, 4.69) is 0 Å². The van der Waals surface area contributed by atoms with Crippen LogP contribution in [0.4, 0.5) is 0 Å². The number of benzene rings is 1. The van der Waals surface area contributed by atoms with Gasteiger partial charge in [0.1, 0.15) is 0 Å². The number of nitrogens with two attached hydrogens (primary N) is 1. The molecule has 0 aromatic heterocycles. The number of halogens is 2. The van der Waals surface area contributed by atoms with Gasteiger partial charge in [-0.1, -0.05) is 29.3 Å². The van der Waals surface area contributed by atoms with Gasteiger partial charge in [-0.05, 0) is 24.1 Å². The maximum atomic E-state index is 5.99. The second-order valence-corrected chi connectivity index (χ2v) is 4.02. The lowest BCUT2D eigenvalue weighted by Crippen LogP contribution is -2.01. The zero-order valence-corrected chi connectivity index (χ0v) is 7.94. The topological polar surface area (TPSA) is 26.0 Å². The molecule has 12 heavy (non-hydrogen) atoms. The molecule has 1 nitrogen and oxygen atoms in total. The second kappa shape index (κ2) is 2.91. The lowest BCUT2D eigenvalue weighted by Gasteiger charge is -2.01. The van der Waals surface area contributed by atoms with E-state index in [1.165, 1.54) is 0 Å². The van der Waals surface area contributed by atoms with Crippen LogP contribution in [0.2, 0.25) is 10.0 Å². The Hall–Kier alpha value is -0.240. The molecule has 0 saturated heterocycles. The molecule has 0 bridgehead atoms. The minimum absolute atomic E-state index is 0.295. The quantitative estimate of drug-likeness (QED) is 0.744. The van der Waals surface area contributed by atoms with Crippen molar-refractivity contribution in [3.8, 4) is 0 Å². The molecule has 2 N–H and O–H groups in total. The summed E-state index contributed by atoms with van der Waals surface area (Å²) < 4.78 is 0. The number of rotatable bonds is 1. The molecule has 0 radical (unpaired) electrons. The van der Waals surface area contributed by atoms with Gasteiger partial charge in [-0.3, -0.25) is 0 Å². The minimum Gasteiger partial charge on any atom is -0.327 e. The highest BCUT2D eigenvalue weighted by Gasteiger charge is 2.36. The highest BCUT2D eigenvalue weighted by atomic mass is 35.5. The van der Waals surface area contributed by atoms with E-state index in [1.807, 2.05) is 12.1 Å². The molecule has 2 unspecified atom stereocenters. The zero-order valence-electron chi connectivity index (χ0n) is 6.43. The first-order valence-corrected chi connectivity index (χ1v) is 4.64. The van der Waals surface area contributed by atoms with Gasteiger partial charge in [-0.2, -0.15) is 0 Å². The Balaban J connectivity index is 2.33. The Kier molecular flexibility index (Phi) is 2.03. The molecule has 0 amide bonds. The zero-order chi connectivity index (χ0) is 8.72. The first-order valence-electron chi connectivity index (χ1n) is 3.89. The van der Waals surface area contributed by atoms with Crippen LogP contribution < -0.4 is 5.73 Å². The van der Waals surface area contributed by atoms with E-state index >= 15 is 0 Å². The standard InChI is InChI=1S/C9H9Cl2N/c10-5-1-2-6(8(11)3-5)7-4-9(7)12/h1-3,7,9H,4,12H2. The van der Waals surface area contributed by atoms with Crippen LogP contribution >= 0.6 is 23.2 Å². The molecule has 64 valence electrons. The smallest absolute Gasteiger partial charge is 0.0456 e. The van der Waals surface area contributed by atoms with Crippen molar-refractivity contribution in [1.29, 1.82) is 0 Å². The van der Waals surface area contributed by atoms with Crippen molar-refractivity contribution in [2.75, 3.05) is 0 Å². The van der Waals surface area contributed by atoms with Gasteiger partial charge in [-0.25, -0.2) is 0 Å². The number of hydrogen-bond acceptors (Lipinski definition) is 1. The summed E-state index contributed by atoms with van der Waals surface area (Å²) in [7, 11) is 0. The van der Waals surface area contributed by atoms with Gasteiger partial charge in [0.2, 0.25) is 0 Å². The van der Waals surface area contributed by atoms with Crippen LogP contribution in [0.1, 0.15) is 17.9 Å². The average molecular weight is 202 g/mol. The molecular formula is C9H9Cl2N. The van der Waals surface area contributed by atoms with Crippen molar-refractivity contribution in [2.45, 2.75) is 18.4 Å². The van der Waals surface area contributed by atoms with E-state index in [1.54, 1.807) is 6.07 Å². The van der Waals surface area contributed by atoms with Crippen molar-refractivity contribution >= 4 is 23.2 Å². The molecule has 1 aliphatic carbocycles. The van der Waals surface area contributed by atoms with Crippen molar-refractivity contribution in [1.82, 2.24) is 0 Å². The fourth-order valence-corrected chi connectivity index (χ4v) is 1.92. The highest BCUT2D eigenvalue weighted by molar-refractivity contribution is 6.35. The van der Waals surface area contributed by atoms with Gasteiger partial charge in [0.15, 0.2) is 0 Å². The lowest BCUT2D eigenvalue weighted by atomic mass is 10.1. The van der Waals surface area contributed by atoms with Crippen LogP contribution in [0.15, 0.2) is 18.2 Å². The summed E-state index contributed by atoms with van der Waals surface area (Å²) in [6.45, 7) is 0. The van der Waals surface area contributed by atoms with Gasteiger partial charge >= 0.3 is 0 Å². The Labute approximate surface area is 81.5 Å². The minimum atomic E-state index is 0.295. The summed E-state index contributed by atoms with van der Waals surface area (Å²) in [6, 6.07) is 5.88. The van der Waals surface area contributed by atoms with Gasteiger partial charge in [-0.15, -0.1) is 0 Å². The van der Waals surface area contributed by atoms with Gasteiger partial charge in [0.25, 0.3) is 0 Å². The monoisotopic (exact) mass is 201 g/mol. The van der Waals surface area contributed by atoms with Crippen LogP contribution in [0.5, 0.6) is 0 Å². The first-order chi connectivity index (χ1) is 5.68. The summed E-state index contributed by atoms with van der Waals surface area (Å²) in [5.41, 5.74) is 6.85. The predicted molar refractivity (Wildman–Crippen MR) is 51.8 cm³/mol. The molecule has 3 heteroatoms. The van der Waals surface area contributed by atoms with Crippen LogP contribution in [-0.2, 0) is 0 Å². The molecule has 1 saturated carbocycles. The third-order valence-electron chi connectivity index (χ3n) is 2.20. The van der Waals surface area contributed by atoms with E-state index in [4.69, 9.17) is 28.9 Å². The SMILES string of the molecule is NC1CC1c1ccc(Cl)cc1Cl. The summed E-state index contributed by atoms with van der Waals surface area (Å²) in [5.74, 6) is 0.453. The molecule has 1 aromatic carbocycles. The Morgan fingerprint density at radius 3 is 2.50 bits per heavy atom. The van der Waals surface area contributed by atoms with Gasteiger partial charge in [0.05, 0.1) is 0 Å². The molecule has 2 rings (SSSR count). The van der Waals surface area contributed by atoms with Gasteiger partial charge < -0.3 is 5.73 Å². The fourth-order valence-electron chi connectivity index (χ4n) is 1.37. The maximum Gasteiger partial charge on any atom is 0.0456 e. The van der Waals surface area contributed by atoms with Crippen molar-refractivity contribution in [2.24, 2.45) is 5.73 Å². The third kappa shape index (κ3) is 1.45. The summed E-state index contributed by atoms with van der Waals surface area (Å²) in [6.07, 6.45) is 1.04. The van der Waals surface area contributed by atoms with E-state index < -0.39 is 0 Å². The second-order valence-electron chi connectivity index (χ2n) is 3.17. The summed E-state index contributed by atoms with van der Waals surface area (Å²) in [5, 5.41) is 1.42. The summed E-state index contributed by atoms with van der Waals surface area (Å²) in [4.78, 5) is 0. The average Bonchev–Trinajstić information content (AvgIpc) is 2.66. The highest BCUT2D eigenvalue weighted by Crippen LogP contribution is 2.42. The maximum absolute atomic E-state index is 5.99. The molecule has 0 spiro atoms. The van der Waals surface area contributed by atoms with Crippen molar-refractivity contribution < 1.29 is 0 Å². The third-order valence-corrected chi connectivity index (χ3v) is 2.76. The normalized spacial score (nSPS) is 27.2. The molecule has 1 aliphatic rings. The van der Waals surface area contributed by atoms with Crippen LogP contribution in [-0.4, -0.2) is 6.04 Å². The first kappa shape index (κ1) is 8.36. The molecular weight excluding hydrogens is 193 g/mol. The van der Waals surface area contributed by atoms with E-state index in [9.17, 15) is 0 Å². The molecule has 2 atom stereocenters. The molecule has 0 aliphatic heterocycles. The fraction of sp³-hybridized carbons (Fsp3) is 0.333. The Bertz CT molecular complexity index is 311. The number of hydrogen-bond donors (Lipinski definition) is 1. The van der Waals surface area contributed by atoms with Gasteiger partial charge in [0, 0.05) is 22.0 Å². The summed E-state index contributed by atoms with van der Waals surface area (Å²) >= 11 is 11.8. The largest absolute Gasteiger partial charge is 0.327 e. The van der Waals surface area contributed by atoms with E-state index in [0.717, 1.165) is 17.0 Å².